The number of nitrogens with one attached hydrogen (secondary N) is 2. The second-order valence-corrected chi connectivity index (χ2v) is 9.37. The van der Waals surface area contributed by atoms with E-state index in [1.54, 1.807) is 21.7 Å². The van der Waals surface area contributed by atoms with E-state index >= 15 is 0 Å². The zero-order valence-electron chi connectivity index (χ0n) is 19.4. The van der Waals surface area contributed by atoms with Crippen LogP contribution in [0.2, 0.25) is 0 Å². The van der Waals surface area contributed by atoms with E-state index in [1.165, 1.54) is 17.5 Å². The van der Waals surface area contributed by atoms with E-state index in [-0.39, 0.29) is 24.3 Å². The summed E-state index contributed by atoms with van der Waals surface area (Å²) in [7, 11) is 0. The first-order valence-corrected chi connectivity index (χ1v) is 12.0. The molecular weight excluding hydrogens is 454 g/mol. The largest absolute Gasteiger partial charge is 0.354 e. The number of amides is 2. The van der Waals surface area contributed by atoms with Gasteiger partial charge in [-0.3, -0.25) is 14.8 Å². The van der Waals surface area contributed by atoms with Crippen LogP contribution in [0, 0.1) is 5.92 Å². The van der Waals surface area contributed by atoms with Gasteiger partial charge in [0.2, 0.25) is 0 Å². The molecular formula is C24H34ClN7O2. The number of nitrogens with zero attached hydrogens (tertiary/aromatic N) is 4. The Bertz CT molecular complexity index is 1070. The van der Waals surface area contributed by atoms with Crippen molar-refractivity contribution in [2.45, 2.75) is 31.7 Å². The van der Waals surface area contributed by atoms with E-state index in [1.807, 2.05) is 6.07 Å². The van der Waals surface area contributed by atoms with Crippen LogP contribution in [0.15, 0.2) is 35.3 Å². The van der Waals surface area contributed by atoms with Crippen molar-refractivity contribution in [1.29, 1.82) is 0 Å². The number of piperazine rings is 1. The van der Waals surface area contributed by atoms with Crippen LogP contribution in [0.4, 0.5) is 10.6 Å². The Kier molecular flexibility index (Phi) is 7.88. The number of hydrogen-bond donors (Lipinski definition) is 3. The molecule has 9 nitrogen and oxygen atoms in total. The maximum Gasteiger partial charge on any atom is 0.354 e. The number of aryl methyl sites for hydroxylation is 1. The summed E-state index contributed by atoms with van der Waals surface area (Å²) in [4.78, 5) is 33.5. The summed E-state index contributed by atoms with van der Waals surface area (Å²) in [5.74, 6) is 0.916. The third-order valence-corrected chi connectivity index (χ3v) is 7.28. The van der Waals surface area contributed by atoms with E-state index in [4.69, 9.17) is 5.73 Å². The second kappa shape index (κ2) is 10.9. The van der Waals surface area contributed by atoms with Crippen LogP contribution in [0.25, 0.3) is 5.69 Å². The van der Waals surface area contributed by atoms with Crippen LogP contribution in [0.5, 0.6) is 0 Å². The Labute approximate surface area is 206 Å². The van der Waals surface area contributed by atoms with Gasteiger partial charge in [0, 0.05) is 45.0 Å². The standard InChI is InChI=1S/C24H33N7O2.ClH/c25-15-17-5-9-30(16-17)20-3-1-19-14-21(4-2-18(19)13-20)31-10-6-22(28-24(31)33)27-23(32)29-11-7-26-8-12-29;/h2,4,6,10,14,17,20,26H,1,3,5,7-9,11-13,15-16,25H2,(H,27,28,32,33);1H/t17-,20?;/m0./s1. The predicted octanol–water partition coefficient (Wildman–Crippen LogP) is 1.23. The second-order valence-electron chi connectivity index (χ2n) is 9.37. The van der Waals surface area contributed by atoms with Crippen LogP contribution in [0.3, 0.4) is 0 Å². The molecule has 2 aliphatic heterocycles. The molecule has 5 rings (SSSR count). The molecule has 1 aromatic heterocycles. The summed E-state index contributed by atoms with van der Waals surface area (Å²) in [5.41, 5.74) is 8.96. The van der Waals surface area contributed by atoms with Crippen molar-refractivity contribution < 1.29 is 4.79 Å². The summed E-state index contributed by atoms with van der Waals surface area (Å²) in [6.45, 7) is 5.88. The number of likely N-dealkylation sites (tertiary alicyclic amines) is 1. The van der Waals surface area contributed by atoms with Gasteiger partial charge in [-0.2, -0.15) is 4.98 Å². The zero-order chi connectivity index (χ0) is 22.8. The molecule has 2 aromatic rings. The van der Waals surface area contributed by atoms with Crippen molar-refractivity contribution in [3.63, 3.8) is 0 Å². The van der Waals surface area contributed by atoms with Gasteiger partial charge in [0.25, 0.3) is 0 Å². The lowest BCUT2D eigenvalue weighted by molar-refractivity contribution is 0.204. The maximum atomic E-state index is 12.7. The van der Waals surface area contributed by atoms with Gasteiger partial charge in [-0.1, -0.05) is 6.07 Å². The molecule has 3 aliphatic rings. The fourth-order valence-corrected chi connectivity index (χ4v) is 5.30. The molecule has 1 aliphatic carbocycles. The Balaban J connectivity index is 0.00000274. The van der Waals surface area contributed by atoms with Crippen LogP contribution >= 0.6 is 12.4 Å². The lowest BCUT2D eigenvalue weighted by atomic mass is 9.87. The number of urea groups is 1. The molecule has 0 radical (unpaired) electrons. The summed E-state index contributed by atoms with van der Waals surface area (Å²) in [6.07, 6.45) is 6.10. The highest BCUT2D eigenvalue weighted by Crippen LogP contribution is 2.29. The quantitative estimate of drug-likeness (QED) is 0.598. The first-order chi connectivity index (χ1) is 16.1. The van der Waals surface area contributed by atoms with Gasteiger partial charge >= 0.3 is 11.7 Å². The molecule has 3 heterocycles. The fraction of sp³-hybridized carbons (Fsp3) is 0.542. The Morgan fingerprint density at radius 2 is 1.97 bits per heavy atom. The smallest absolute Gasteiger partial charge is 0.330 e. The van der Waals surface area contributed by atoms with Crippen molar-refractivity contribution >= 4 is 24.3 Å². The van der Waals surface area contributed by atoms with Crippen molar-refractivity contribution in [3.8, 4) is 5.69 Å². The lowest BCUT2D eigenvalue weighted by Crippen LogP contribution is -2.48. The van der Waals surface area contributed by atoms with Gasteiger partial charge in [0.1, 0.15) is 5.82 Å². The number of halogens is 1. The first kappa shape index (κ1) is 24.7. The number of rotatable bonds is 4. The number of anilines is 1. The Morgan fingerprint density at radius 3 is 2.71 bits per heavy atom. The number of fused-ring (bicyclic) bond motifs is 1. The highest BCUT2D eigenvalue weighted by atomic mass is 35.5. The lowest BCUT2D eigenvalue weighted by Gasteiger charge is -2.32. The van der Waals surface area contributed by atoms with E-state index in [2.05, 4.69) is 32.7 Å². The fourth-order valence-electron chi connectivity index (χ4n) is 5.30. The average molecular weight is 488 g/mol. The summed E-state index contributed by atoms with van der Waals surface area (Å²) < 4.78 is 1.54. The number of hydrogen-bond acceptors (Lipinski definition) is 6. The van der Waals surface area contributed by atoms with E-state index in [9.17, 15) is 9.59 Å². The minimum absolute atomic E-state index is 0. The highest BCUT2D eigenvalue weighted by Gasteiger charge is 2.30. The van der Waals surface area contributed by atoms with Gasteiger partial charge in [0.15, 0.2) is 0 Å². The normalized spacial score (nSPS) is 22.7. The molecule has 2 fully saturated rings. The molecule has 34 heavy (non-hydrogen) atoms. The minimum Gasteiger partial charge on any atom is -0.330 e. The van der Waals surface area contributed by atoms with E-state index < -0.39 is 5.69 Å². The first-order valence-electron chi connectivity index (χ1n) is 12.0. The molecule has 2 saturated heterocycles. The molecule has 4 N–H and O–H groups in total. The molecule has 2 amide bonds. The maximum absolute atomic E-state index is 12.7. The number of aromatic nitrogens is 2. The Morgan fingerprint density at radius 1 is 1.15 bits per heavy atom. The minimum atomic E-state index is -0.397. The third-order valence-electron chi connectivity index (χ3n) is 7.28. The number of nitrogens with two attached hydrogens (primary N) is 1. The Hall–Kier alpha value is -2.46. The average Bonchev–Trinajstić information content (AvgIpc) is 3.33. The van der Waals surface area contributed by atoms with Crippen LogP contribution < -0.4 is 22.1 Å². The van der Waals surface area contributed by atoms with Gasteiger partial charge < -0.3 is 16.0 Å². The van der Waals surface area contributed by atoms with Crippen molar-refractivity contribution in [2.75, 3.05) is 51.1 Å². The monoisotopic (exact) mass is 487 g/mol. The third kappa shape index (κ3) is 5.27. The van der Waals surface area contributed by atoms with Gasteiger partial charge in [-0.25, -0.2) is 9.59 Å². The van der Waals surface area contributed by atoms with E-state index in [0.29, 0.717) is 25.0 Å². The molecule has 184 valence electrons. The van der Waals surface area contributed by atoms with Gasteiger partial charge in [-0.15, -0.1) is 12.4 Å². The number of carbonyl (C=O) groups excluding carboxylic acids is 1. The van der Waals surface area contributed by atoms with Crippen molar-refractivity contribution in [1.82, 2.24) is 24.7 Å². The molecule has 1 aromatic carbocycles. The summed E-state index contributed by atoms with van der Waals surface area (Å²) >= 11 is 0. The SMILES string of the molecule is Cl.NC[C@@H]1CCN(C2CCc3cc(-n4ccc(NC(=O)N5CCNCC5)nc4=O)ccc3C2)C1. The molecule has 2 atom stereocenters. The number of carbonyl (C=O) groups is 1. The predicted molar refractivity (Wildman–Crippen MR) is 135 cm³/mol. The van der Waals surface area contributed by atoms with Crippen molar-refractivity contribution in [3.05, 3.63) is 52.1 Å². The highest BCUT2D eigenvalue weighted by molar-refractivity contribution is 5.88. The summed E-state index contributed by atoms with van der Waals surface area (Å²) in [5, 5.41) is 5.95. The summed E-state index contributed by atoms with van der Waals surface area (Å²) in [6, 6.07) is 8.30. The van der Waals surface area contributed by atoms with Crippen LogP contribution in [0.1, 0.15) is 24.0 Å². The molecule has 1 unspecified atom stereocenters. The zero-order valence-corrected chi connectivity index (χ0v) is 20.2. The van der Waals surface area contributed by atoms with Gasteiger partial charge in [0.05, 0.1) is 5.69 Å². The topological polar surface area (TPSA) is 109 Å². The van der Waals surface area contributed by atoms with Crippen LogP contribution in [-0.4, -0.2) is 77.2 Å². The number of benzene rings is 1. The van der Waals surface area contributed by atoms with Gasteiger partial charge in [-0.05, 0) is 74.0 Å². The molecule has 0 spiro atoms. The van der Waals surface area contributed by atoms with Crippen LogP contribution in [-0.2, 0) is 12.8 Å². The molecule has 0 saturated carbocycles. The van der Waals surface area contributed by atoms with E-state index in [0.717, 1.165) is 57.7 Å². The van der Waals surface area contributed by atoms with Crippen molar-refractivity contribution in [2.24, 2.45) is 11.7 Å². The molecule has 10 heteroatoms. The molecule has 0 bridgehead atoms.